The van der Waals surface area contributed by atoms with Crippen molar-refractivity contribution in [3.63, 3.8) is 0 Å². The van der Waals surface area contributed by atoms with Gasteiger partial charge in [-0.2, -0.15) is 0 Å². The maximum Gasteiger partial charge on any atom is 0.266 e. The van der Waals surface area contributed by atoms with E-state index in [-0.39, 0.29) is 5.91 Å². The summed E-state index contributed by atoms with van der Waals surface area (Å²) in [7, 11) is 1.60. The van der Waals surface area contributed by atoms with Crippen molar-refractivity contribution < 1.29 is 19.0 Å². The van der Waals surface area contributed by atoms with E-state index in [1.54, 1.807) is 12.0 Å². The first-order valence-corrected chi connectivity index (χ1v) is 12.0. The van der Waals surface area contributed by atoms with Crippen molar-refractivity contribution in [2.75, 3.05) is 26.9 Å². The molecule has 1 atom stereocenters. The molecule has 1 aliphatic heterocycles. The minimum atomic E-state index is -0.0591. The van der Waals surface area contributed by atoms with Crippen molar-refractivity contribution in [1.29, 1.82) is 0 Å². The second-order valence-corrected chi connectivity index (χ2v) is 9.09. The zero-order chi connectivity index (χ0) is 23.1. The Hall–Kier alpha value is -2.51. The van der Waals surface area contributed by atoms with Crippen LogP contribution in [0, 0.1) is 0 Å². The molecule has 0 bridgehead atoms. The Morgan fingerprint density at radius 2 is 1.78 bits per heavy atom. The summed E-state index contributed by atoms with van der Waals surface area (Å²) < 4.78 is 17.7. The van der Waals surface area contributed by atoms with E-state index < -0.39 is 0 Å². The Balaban J connectivity index is 1.57. The van der Waals surface area contributed by atoms with Crippen LogP contribution in [0.15, 0.2) is 47.4 Å². The van der Waals surface area contributed by atoms with Gasteiger partial charge in [0.25, 0.3) is 5.91 Å². The topological polar surface area (TPSA) is 48.0 Å². The van der Waals surface area contributed by atoms with Crippen LogP contribution >= 0.6 is 24.0 Å². The van der Waals surface area contributed by atoms with Gasteiger partial charge in [-0.25, -0.2) is 0 Å². The Labute approximate surface area is 199 Å². The fourth-order valence-electron chi connectivity index (χ4n) is 3.26. The molecule has 0 spiro atoms. The molecule has 1 aliphatic rings. The van der Waals surface area contributed by atoms with Crippen LogP contribution in [-0.2, 0) is 4.79 Å². The third-order valence-corrected chi connectivity index (χ3v) is 6.72. The van der Waals surface area contributed by atoms with Gasteiger partial charge < -0.3 is 14.2 Å². The van der Waals surface area contributed by atoms with E-state index in [0.29, 0.717) is 46.4 Å². The molecular formula is C25H29NO4S2. The Kier molecular flexibility index (Phi) is 8.59. The number of carbonyl (C=O) groups is 1. The molecule has 5 nitrogen and oxygen atoms in total. The number of carbonyl (C=O) groups excluding carboxylic acids is 1. The summed E-state index contributed by atoms with van der Waals surface area (Å²) in [6.45, 7) is 7.70. The first-order valence-electron chi connectivity index (χ1n) is 10.8. The van der Waals surface area contributed by atoms with Gasteiger partial charge in [0.2, 0.25) is 0 Å². The molecule has 7 heteroatoms. The van der Waals surface area contributed by atoms with Gasteiger partial charge >= 0.3 is 0 Å². The Morgan fingerprint density at radius 3 is 2.41 bits per heavy atom. The van der Waals surface area contributed by atoms with Crippen LogP contribution in [0.5, 0.6) is 17.2 Å². The van der Waals surface area contributed by atoms with Crippen molar-refractivity contribution in [3.05, 3.63) is 58.5 Å². The number of methoxy groups -OCH3 is 1. The highest BCUT2D eigenvalue weighted by Gasteiger charge is 2.30. The van der Waals surface area contributed by atoms with E-state index in [1.807, 2.05) is 43.3 Å². The third-order valence-electron chi connectivity index (χ3n) is 5.35. The third kappa shape index (κ3) is 5.84. The van der Waals surface area contributed by atoms with Gasteiger partial charge in [-0.15, -0.1) is 0 Å². The number of amides is 1. The summed E-state index contributed by atoms with van der Waals surface area (Å²) in [6.07, 6.45) is 2.94. The van der Waals surface area contributed by atoms with Gasteiger partial charge in [0.15, 0.2) is 11.5 Å². The molecule has 1 saturated heterocycles. The molecule has 0 N–H and O–H groups in total. The van der Waals surface area contributed by atoms with E-state index in [1.165, 1.54) is 17.3 Å². The van der Waals surface area contributed by atoms with Gasteiger partial charge in [0, 0.05) is 6.54 Å². The molecule has 1 fully saturated rings. The quantitative estimate of drug-likeness (QED) is 0.245. The van der Waals surface area contributed by atoms with Crippen LogP contribution in [0.1, 0.15) is 44.2 Å². The van der Waals surface area contributed by atoms with Crippen LogP contribution in [0.3, 0.4) is 0 Å². The number of benzene rings is 2. The lowest BCUT2D eigenvalue weighted by Gasteiger charge is -2.13. The van der Waals surface area contributed by atoms with Gasteiger partial charge in [0.1, 0.15) is 23.3 Å². The fourth-order valence-corrected chi connectivity index (χ4v) is 4.64. The molecule has 2 aromatic rings. The zero-order valence-corrected chi connectivity index (χ0v) is 20.6. The second kappa shape index (κ2) is 11.4. The second-order valence-electron chi connectivity index (χ2n) is 7.41. The van der Waals surface area contributed by atoms with Gasteiger partial charge in [-0.1, -0.05) is 56.0 Å². The highest BCUT2D eigenvalue weighted by atomic mass is 32.2. The summed E-state index contributed by atoms with van der Waals surface area (Å²) in [6, 6.07) is 13.8. The first kappa shape index (κ1) is 24.1. The summed E-state index contributed by atoms with van der Waals surface area (Å²) in [5, 5.41) is 0. The zero-order valence-electron chi connectivity index (χ0n) is 18.9. The molecule has 1 heterocycles. The molecule has 32 heavy (non-hydrogen) atoms. The Morgan fingerprint density at radius 1 is 1.06 bits per heavy atom. The lowest BCUT2D eigenvalue weighted by atomic mass is 9.99. The number of rotatable bonds is 10. The minimum Gasteiger partial charge on any atom is -0.493 e. The minimum absolute atomic E-state index is 0.0591. The first-order chi connectivity index (χ1) is 15.5. The van der Waals surface area contributed by atoms with E-state index in [0.717, 1.165) is 17.7 Å². The normalized spacial score (nSPS) is 15.9. The summed E-state index contributed by atoms with van der Waals surface area (Å²) in [5.41, 5.74) is 2.17. The summed E-state index contributed by atoms with van der Waals surface area (Å²) >= 11 is 6.59. The molecule has 170 valence electrons. The predicted octanol–water partition coefficient (Wildman–Crippen LogP) is 5.89. The SMILES string of the molecule is CC[C@@H](C)c1ccc(OCCOc2ccc(/C=C3\SC(=S)N(CC)C3=O)cc2OC)cc1. The van der Waals surface area contributed by atoms with E-state index in [9.17, 15) is 4.79 Å². The van der Waals surface area contributed by atoms with Crippen molar-refractivity contribution >= 4 is 40.3 Å². The van der Waals surface area contributed by atoms with Crippen molar-refractivity contribution in [1.82, 2.24) is 4.90 Å². The van der Waals surface area contributed by atoms with E-state index in [4.69, 9.17) is 26.4 Å². The molecule has 1 amide bonds. The van der Waals surface area contributed by atoms with Crippen LogP contribution in [0.4, 0.5) is 0 Å². The molecule has 2 aromatic carbocycles. The lowest BCUT2D eigenvalue weighted by molar-refractivity contribution is -0.121. The van der Waals surface area contributed by atoms with Gasteiger partial charge in [-0.05, 0) is 60.7 Å². The standard InChI is InChI=1S/C25H29NO4S2/c1-5-17(3)19-8-10-20(11-9-19)29-13-14-30-21-12-7-18(15-22(21)28-4)16-23-24(27)26(6-2)25(31)32-23/h7-12,15-17H,5-6,13-14H2,1-4H3/b23-16-/t17-/m1/s1. The smallest absolute Gasteiger partial charge is 0.266 e. The number of hydrogen-bond acceptors (Lipinski definition) is 6. The average molecular weight is 472 g/mol. The van der Waals surface area contributed by atoms with Gasteiger partial charge in [0.05, 0.1) is 12.0 Å². The number of thiocarbonyl (C=S) groups is 1. The van der Waals surface area contributed by atoms with Crippen LogP contribution in [0.2, 0.25) is 0 Å². The summed E-state index contributed by atoms with van der Waals surface area (Å²) in [4.78, 5) is 14.6. The van der Waals surface area contributed by atoms with Crippen LogP contribution in [0.25, 0.3) is 6.08 Å². The van der Waals surface area contributed by atoms with Gasteiger partial charge in [-0.3, -0.25) is 9.69 Å². The molecule has 0 radical (unpaired) electrons. The molecule has 0 saturated carbocycles. The maximum absolute atomic E-state index is 12.4. The molecule has 3 rings (SSSR count). The Bertz CT molecular complexity index is 988. The number of likely N-dealkylation sites (N-methyl/N-ethyl adjacent to an activating group) is 1. The average Bonchev–Trinajstić information content (AvgIpc) is 3.08. The van der Waals surface area contributed by atoms with E-state index in [2.05, 4.69) is 26.0 Å². The highest BCUT2D eigenvalue weighted by molar-refractivity contribution is 8.26. The number of ether oxygens (including phenoxy) is 3. The van der Waals surface area contributed by atoms with Crippen molar-refractivity contribution in [2.45, 2.75) is 33.1 Å². The lowest BCUT2D eigenvalue weighted by Crippen LogP contribution is -2.27. The molecule has 0 aromatic heterocycles. The van der Waals surface area contributed by atoms with Crippen LogP contribution in [-0.4, -0.2) is 42.0 Å². The predicted molar refractivity (Wildman–Crippen MR) is 135 cm³/mol. The monoisotopic (exact) mass is 471 g/mol. The number of hydrogen-bond donors (Lipinski definition) is 0. The summed E-state index contributed by atoms with van der Waals surface area (Å²) in [5.74, 6) is 2.54. The maximum atomic E-state index is 12.4. The molecule has 0 aliphatic carbocycles. The van der Waals surface area contributed by atoms with Crippen molar-refractivity contribution in [2.24, 2.45) is 0 Å². The number of thioether (sulfide) groups is 1. The molecular weight excluding hydrogens is 442 g/mol. The molecule has 0 unspecified atom stereocenters. The number of nitrogens with zero attached hydrogens (tertiary/aromatic N) is 1. The van der Waals surface area contributed by atoms with Crippen molar-refractivity contribution in [3.8, 4) is 17.2 Å². The largest absolute Gasteiger partial charge is 0.493 e. The van der Waals surface area contributed by atoms with E-state index >= 15 is 0 Å². The fraction of sp³-hybridized carbons (Fsp3) is 0.360. The van der Waals surface area contributed by atoms with Crippen LogP contribution < -0.4 is 14.2 Å². The highest BCUT2D eigenvalue weighted by Crippen LogP contribution is 2.34.